The van der Waals surface area contributed by atoms with Gasteiger partial charge in [-0.15, -0.1) is 0 Å². The Balaban J connectivity index is 1.17. The van der Waals surface area contributed by atoms with Crippen molar-refractivity contribution >= 4 is 38.4 Å². The van der Waals surface area contributed by atoms with E-state index < -0.39 is 9.84 Å². The van der Waals surface area contributed by atoms with Gasteiger partial charge in [-0.3, -0.25) is 9.79 Å². The van der Waals surface area contributed by atoms with E-state index in [2.05, 4.69) is 34.6 Å². The minimum Gasteiger partial charge on any atom is -0.339 e. The average Bonchev–Trinajstić information content (AvgIpc) is 3.27. The lowest BCUT2D eigenvalue weighted by molar-refractivity contribution is 0.0690. The topological polar surface area (TPSA) is 78.8 Å². The third-order valence-corrected chi connectivity index (χ3v) is 9.59. The van der Waals surface area contributed by atoms with Crippen molar-refractivity contribution in [1.82, 2.24) is 4.90 Å². The maximum absolute atomic E-state index is 13.1. The summed E-state index contributed by atoms with van der Waals surface area (Å²) in [6.07, 6.45) is 3.13. The molecule has 1 N–H and O–H groups in total. The molecule has 0 bridgehead atoms. The van der Waals surface area contributed by atoms with E-state index in [9.17, 15) is 13.2 Å². The van der Waals surface area contributed by atoms with Gasteiger partial charge in [-0.25, -0.2) is 8.42 Å². The van der Waals surface area contributed by atoms with Crippen LogP contribution in [-0.2, 0) is 16.3 Å². The fraction of sp³-hybridized carbons (Fsp3) is 0.417. The Hall–Kier alpha value is -2.32. The second-order valence-corrected chi connectivity index (χ2v) is 12.2. The number of amides is 1. The molecule has 3 aliphatic rings. The number of carbonyl (C=O) groups is 1. The molecule has 3 heterocycles. The summed E-state index contributed by atoms with van der Waals surface area (Å²) in [5.41, 5.74) is 2.84. The quantitative estimate of drug-likeness (QED) is 0.742. The number of aliphatic imine (C=N–C) groups is 1. The number of piperidine rings is 1. The van der Waals surface area contributed by atoms with Crippen LogP contribution in [0.3, 0.4) is 0 Å². The maximum atomic E-state index is 13.1. The molecule has 0 spiro atoms. The van der Waals surface area contributed by atoms with Gasteiger partial charge in [0, 0.05) is 29.6 Å². The molecule has 2 fully saturated rings. The number of nitrogens with one attached hydrogen (secondary N) is 1. The first-order chi connectivity index (χ1) is 15.4. The maximum Gasteiger partial charge on any atom is 0.253 e. The van der Waals surface area contributed by atoms with Gasteiger partial charge < -0.3 is 10.2 Å². The van der Waals surface area contributed by atoms with E-state index in [0.717, 1.165) is 43.2 Å². The second kappa shape index (κ2) is 8.90. The molecule has 2 aromatic carbocycles. The summed E-state index contributed by atoms with van der Waals surface area (Å²) in [5.74, 6) is 1.01. The first kappa shape index (κ1) is 21.5. The van der Waals surface area contributed by atoms with Crippen LogP contribution in [0.15, 0.2) is 59.6 Å². The standard InChI is InChI=1S/C24H27N3O3S2/c28-23(27-11-9-18(10-12-27)13-17-5-2-1-3-6-17)19-7-4-8-20(14-19)25-24-26-21-15-32(29,30)16-22(21)31-24/h1-8,14,18,21-22H,9-13,15-16H2,(H,25,26)/t21-,22+/m1/s1. The predicted molar refractivity (Wildman–Crippen MR) is 130 cm³/mol. The van der Waals surface area contributed by atoms with E-state index in [1.54, 1.807) is 0 Å². The number of hydrogen-bond donors (Lipinski definition) is 1. The number of likely N-dealkylation sites (tertiary alicyclic amines) is 1. The minimum absolute atomic E-state index is 0.00416. The van der Waals surface area contributed by atoms with Gasteiger partial charge in [0.25, 0.3) is 5.91 Å². The number of carbonyl (C=O) groups excluding carboxylic acids is 1. The van der Waals surface area contributed by atoms with Gasteiger partial charge in [0.1, 0.15) is 0 Å². The molecule has 0 radical (unpaired) electrons. The smallest absolute Gasteiger partial charge is 0.253 e. The van der Waals surface area contributed by atoms with Crippen LogP contribution in [0.1, 0.15) is 28.8 Å². The van der Waals surface area contributed by atoms with Crippen molar-refractivity contribution in [2.75, 3.05) is 29.9 Å². The molecule has 0 saturated carbocycles. The van der Waals surface area contributed by atoms with Crippen molar-refractivity contribution in [3.8, 4) is 0 Å². The molecular formula is C24H27N3O3S2. The number of amidine groups is 1. The van der Waals surface area contributed by atoms with Crippen LogP contribution in [0.25, 0.3) is 0 Å². The van der Waals surface area contributed by atoms with Crippen LogP contribution in [0.5, 0.6) is 0 Å². The fourth-order valence-corrected chi connectivity index (χ4v) is 8.42. The monoisotopic (exact) mass is 469 g/mol. The third kappa shape index (κ3) is 4.86. The highest BCUT2D eigenvalue weighted by Gasteiger charge is 2.42. The molecule has 0 unspecified atom stereocenters. The lowest BCUT2D eigenvalue weighted by Gasteiger charge is -2.32. The number of nitrogens with zero attached hydrogens (tertiary/aromatic N) is 2. The molecule has 3 aliphatic heterocycles. The Bertz CT molecular complexity index is 1130. The molecule has 0 aliphatic carbocycles. The third-order valence-electron chi connectivity index (χ3n) is 6.45. The van der Waals surface area contributed by atoms with Crippen molar-refractivity contribution in [3.05, 3.63) is 65.7 Å². The number of benzene rings is 2. The summed E-state index contributed by atoms with van der Waals surface area (Å²) in [6.45, 7) is 1.57. The van der Waals surface area contributed by atoms with Gasteiger partial charge in [-0.2, -0.15) is 0 Å². The van der Waals surface area contributed by atoms with Gasteiger partial charge in [0.15, 0.2) is 15.0 Å². The Labute approximate surface area is 193 Å². The predicted octanol–water partition coefficient (Wildman–Crippen LogP) is 3.46. The molecule has 8 heteroatoms. The largest absolute Gasteiger partial charge is 0.339 e. The first-order valence-electron chi connectivity index (χ1n) is 11.1. The highest BCUT2D eigenvalue weighted by molar-refractivity contribution is 8.15. The van der Waals surface area contributed by atoms with Gasteiger partial charge in [0.2, 0.25) is 0 Å². The van der Waals surface area contributed by atoms with Crippen molar-refractivity contribution < 1.29 is 13.2 Å². The van der Waals surface area contributed by atoms with E-state index in [1.807, 2.05) is 35.2 Å². The van der Waals surface area contributed by atoms with Crippen LogP contribution < -0.4 is 5.32 Å². The van der Waals surface area contributed by atoms with Gasteiger partial charge >= 0.3 is 0 Å². The number of rotatable bonds is 4. The zero-order chi connectivity index (χ0) is 22.1. The molecule has 6 nitrogen and oxygen atoms in total. The van der Waals surface area contributed by atoms with Crippen LogP contribution in [0, 0.1) is 5.92 Å². The molecule has 2 saturated heterocycles. The van der Waals surface area contributed by atoms with E-state index in [1.165, 1.54) is 17.3 Å². The second-order valence-electron chi connectivity index (χ2n) is 8.87. The molecule has 2 atom stereocenters. The summed E-state index contributed by atoms with van der Waals surface area (Å²) in [7, 11) is -2.96. The molecule has 0 aromatic heterocycles. The van der Waals surface area contributed by atoms with Crippen molar-refractivity contribution in [3.63, 3.8) is 0 Å². The van der Waals surface area contributed by atoms with Gasteiger partial charge in [-0.05, 0) is 48.9 Å². The fourth-order valence-electron chi connectivity index (χ4n) is 4.74. The van der Waals surface area contributed by atoms with Crippen molar-refractivity contribution in [2.24, 2.45) is 10.9 Å². The summed E-state index contributed by atoms with van der Waals surface area (Å²) in [5, 5.41) is 4.02. The van der Waals surface area contributed by atoms with E-state index in [-0.39, 0.29) is 28.7 Å². The molecule has 2 aromatic rings. The highest BCUT2D eigenvalue weighted by Crippen LogP contribution is 2.34. The number of fused-ring (bicyclic) bond motifs is 1. The van der Waals surface area contributed by atoms with Crippen LogP contribution in [-0.4, -0.2) is 60.3 Å². The molecule has 1 amide bonds. The first-order valence-corrected chi connectivity index (χ1v) is 13.8. The van der Waals surface area contributed by atoms with Crippen molar-refractivity contribution in [2.45, 2.75) is 30.6 Å². The number of thioether (sulfide) groups is 1. The Kier molecular flexibility index (Phi) is 5.99. The number of sulfone groups is 1. The molecule has 168 valence electrons. The van der Waals surface area contributed by atoms with E-state index in [0.29, 0.717) is 11.5 Å². The summed E-state index contributed by atoms with van der Waals surface area (Å²) in [4.78, 5) is 19.6. The normalized spacial score (nSPS) is 24.8. The summed E-state index contributed by atoms with van der Waals surface area (Å²) < 4.78 is 23.5. The minimum atomic E-state index is -2.96. The Morgan fingerprint density at radius 1 is 1.06 bits per heavy atom. The van der Waals surface area contributed by atoms with Crippen molar-refractivity contribution in [1.29, 1.82) is 0 Å². The molecular weight excluding hydrogens is 442 g/mol. The zero-order valence-corrected chi connectivity index (χ0v) is 19.4. The zero-order valence-electron chi connectivity index (χ0n) is 17.8. The Morgan fingerprint density at radius 2 is 1.84 bits per heavy atom. The SMILES string of the molecule is O=C(c1cccc(NC2=N[C@@H]3CS(=O)(=O)C[C@@H]3S2)c1)N1CCC(Cc2ccccc2)CC1. The van der Waals surface area contributed by atoms with E-state index in [4.69, 9.17) is 0 Å². The van der Waals surface area contributed by atoms with Gasteiger partial charge in [0.05, 0.1) is 17.5 Å². The molecule has 32 heavy (non-hydrogen) atoms. The lowest BCUT2D eigenvalue weighted by atomic mass is 9.90. The lowest BCUT2D eigenvalue weighted by Crippen LogP contribution is -2.38. The molecule has 5 rings (SSSR count). The van der Waals surface area contributed by atoms with Gasteiger partial charge in [-0.1, -0.05) is 48.2 Å². The van der Waals surface area contributed by atoms with Crippen LogP contribution in [0.4, 0.5) is 5.69 Å². The number of anilines is 1. The highest BCUT2D eigenvalue weighted by atomic mass is 32.2. The van der Waals surface area contributed by atoms with Crippen LogP contribution in [0.2, 0.25) is 0 Å². The number of hydrogen-bond acceptors (Lipinski definition) is 6. The average molecular weight is 470 g/mol. The Morgan fingerprint density at radius 3 is 2.59 bits per heavy atom. The summed E-state index contributed by atoms with van der Waals surface area (Å²) in [6, 6.07) is 17.9. The van der Waals surface area contributed by atoms with E-state index >= 15 is 0 Å². The van der Waals surface area contributed by atoms with Crippen LogP contribution >= 0.6 is 11.8 Å². The summed E-state index contributed by atoms with van der Waals surface area (Å²) >= 11 is 1.49.